The lowest BCUT2D eigenvalue weighted by Gasteiger charge is -2.25. The van der Waals surface area contributed by atoms with Gasteiger partial charge in [0.1, 0.15) is 13.2 Å². The van der Waals surface area contributed by atoms with Crippen LogP contribution in [0.2, 0.25) is 0 Å². The molecule has 3 atom stereocenters. The van der Waals surface area contributed by atoms with Gasteiger partial charge >= 0.3 is 7.82 Å². The molecule has 0 heterocycles. The summed E-state index contributed by atoms with van der Waals surface area (Å²) in [6, 6.07) is -0.868. The van der Waals surface area contributed by atoms with E-state index in [0.29, 0.717) is 17.4 Å². The summed E-state index contributed by atoms with van der Waals surface area (Å²) in [5, 5.41) is 13.9. The average Bonchev–Trinajstić information content (AvgIpc) is 3.35. The molecular formula is C64H126N2O6P+. The Morgan fingerprint density at radius 3 is 1.10 bits per heavy atom. The zero-order chi connectivity index (χ0) is 53.5. The molecule has 0 fully saturated rings. The van der Waals surface area contributed by atoms with Crippen molar-refractivity contribution in [3.05, 3.63) is 36.5 Å². The van der Waals surface area contributed by atoms with E-state index in [9.17, 15) is 19.4 Å². The third-order valence-electron chi connectivity index (χ3n) is 14.6. The number of likely N-dealkylation sites (N-methyl/N-ethyl adjacent to an activating group) is 1. The van der Waals surface area contributed by atoms with Gasteiger partial charge in [0, 0.05) is 6.42 Å². The van der Waals surface area contributed by atoms with E-state index in [4.69, 9.17) is 9.05 Å². The van der Waals surface area contributed by atoms with Gasteiger partial charge in [-0.3, -0.25) is 13.8 Å². The van der Waals surface area contributed by atoms with E-state index in [-0.39, 0.29) is 19.1 Å². The minimum absolute atomic E-state index is 0.0552. The lowest BCUT2D eigenvalue weighted by molar-refractivity contribution is -0.870. The van der Waals surface area contributed by atoms with Crippen LogP contribution in [0.4, 0.5) is 0 Å². The average molecular weight is 1050 g/mol. The highest BCUT2D eigenvalue weighted by Gasteiger charge is 2.27. The van der Waals surface area contributed by atoms with Crippen LogP contribution in [0.5, 0.6) is 0 Å². The molecule has 432 valence electrons. The molecule has 0 aromatic carbocycles. The van der Waals surface area contributed by atoms with Crippen molar-refractivity contribution in [1.82, 2.24) is 5.32 Å². The molecule has 0 aliphatic carbocycles. The summed E-state index contributed by atoms with van der Waals surface area (Å²) in [6.45, 7) is 4.82. The van der Waals surface area contributed by atoms with Crippen molar-refractivity contribution in [2.75, 3.05) is 40.9 Å². The smallest absolute Gasteiger partial charge is 0.387 e. The summed E-state index contributed by atoms with van der Waals surface area (Å²) in [5.74, 6) is -0.185. The van der Waals surface area contributed by atoms with Gasteiger partial charge in [0.05, 0.1) is 39.9 Å². The Balaban J connectivity index is 4.04. The minimum Gasteiger partial charge on any atom is -0.387 e. The first-order chi connectivity index (χ1) is 35.5. The first-order valence-corrected chi connectivity index (χ1v) is 33.4. The summed E-state index contributed by atoms with van der Waals surface area (Å²) in [5.41, 5.74) is 0. The molecule has 0 saturated carbocycles. The second-order valence-corrected chi connectivity index (χ2v) is 24.6. The highest BCUT2D eigenvalue weighted by Crippen LogP contribution is 2.43. The second-order valence-electron chi connectivity index (χ2n) is 23.1. The molecule has 0 radical (unpaired) electrons. The number of phosphoric acid groups is 1. The first-order valence-electron chi connectivity index (χ1n) is 31.9. The second kappa shape index (κ2) is 55.5. The highest BCUT2D eigenvalue weighted by atomic mass is 31.2. The van der Waals surface area contributed by atoms with Gasteiger partial charge in [-0.05, 0) is 44.9 Å². The Kier molecular flexibility index (Phi) is 54.5. The molecule has 0 aromatic rings. The number of aliphatic hydroxyl groups excluding tert-OH is 1. The number of quaternary nitrogens is 1. The number of unbranched alkanes of at least 4 members (excludes halogenated alkanes) is 42. The molecule has 3 N–H and O–H groups in total. The lowest BCUT2D eigenvalue weighted by atomic mass is 10.0. The monoisotopic (exact) mass is 1050 g/mol. The number of carbonyl (C=O) groups excluding carboxylic acids is 1. The summed E-state index contributed by atoms with van der Waals surface area (Å²) in [6.07, 6.45) is 72.9. The fraction of sp³-hybridized carbons (Fsp3) is 0.891. The zero-order valence-electron chi connectivity index (χ0n) is 49.4. The lowest BCUT2D eigenvalue weighted by Crippen LogP contribution is -2.45. The maximum Gasteiger partial charge on any atom is 0.472 e. The van der Waals surface area contributed by atoms with Crippen LogP contribution in [-0.4, -0.2) is 73.4 Å². The Bertz CT molecular complexity index is 1280. The van der Waals surface area contributed by atoms with E-state index in [1.54, 1.807) is 6.08 Å². The molecule has 0 aliphatic heterocycles. The quantitative estimate of drug-likeness (QED) is 0.0243. The third-order valence-corrected chi connectivity index (χ3v) is 15.6. The number of hydrogen-bond acceptors (Lipinski definition) is 5. The van der Waals surface area contributed by atoms with Gasteiger partial charge in [-0.25, -0.2) is 4.57 Å². The van der Waals surface area contributed by atoms with Crippen molar-refractivity contribution in [3.63, 3.8) is 0 Å². The van der Waals surface area contributed by atoms with Crippen LogP contribution in [0, 0.1) is 0 Å². The molecular weight excluding hydrogens is 924 g/mol. The molecule has 8 nitrogen and oxygen atoms in total. The summed E-state index contributed by atoms with van der Waals surface area (Å²) in [7, 11) is 1.56. The van der Waals surface area contributed by atoms with Crippen LogP contribution in [0.3, 0.4) is 0 Å². The van der Waals surface area contributed by atoms with Crippen LogP contribution in [0.25, 0.3) is 0 Å². The number of aliphatic hydroxyl groups is 1. The molecule has 0 aliphatic rings. The van der Waals surface area contributed by atoms with Gasteiger partial charge in [0.25, 0.3) is 0 Å². The molecule has 0 spiro atoms. The van der Waals surface area contributed by atoms with E-state index in [1.165, 1.54) is 250 Å². The third kappa shape index (κ3) is 58.2. The fourth-order valence-electron chi connectivity index (χ4n) is 9.61. The van der Waals surface area contributed by atoms with Crippen LogP contribution >= 0.6 is 7.82 Å². The Morgan fingerprint density at radius 1 is 0.452 bits per heavy atom. The topological polar surface area (TPSA) is 105 Å². The Morgan fingerprint density at radius 2 is 0.753 bits per heavy atom. The number of rotatable bonds is 59. The number of phosphoric ester groups is 1. The SMILES string of the molecule is CCCCCCCCCC/C=C/CC/C=C/CC/C=C/C(O)C(COP(=O)(O)OCC[N+](C)(C)C)NC(=O)CCCCCCCCCCCCCCCCCCCCCCCCCCCCCCCCCCC. The van der Waals surface area contributed by atoms with E-state index >= 15 is 0 Å². The largest absolute Gasteiger partial charge is 0.472 e. The zero-order valence-corrected chi connectivity index (χ0v) is 50.3. The summed E-state index contributed by atoms with van der Waals surface area (Å²) >= 11 is 0. The van der Waals surface area contributed by atoms with Gasteiger partial charge in [-0.2, -0.15) is 0 Å². The number of amides is 1. The molecule has 0 aromatic heterocycles. The van der Waals surface area contributed by atoms with E-state index in [2.05, 4.69) is 43.5 Å². The Hall–Kier alpha value is -1.28. The van der Waals surface area contributed by atoms with Crippen molar-refractivity contribution in [2.45, 2.75) is 328 Å². The number of hydrogen-bond donors (Lipinski definition) is 3. The molecule has 73 heavy (non-hydrogen) atoms. The number of allylic oxidation sites excluding steroid dienone is 5. The van der Waals surface area contributed by atoms with E-state index < -0.39 is 20.0 Å². The maximum atomic E-state index is 13.0. The van der Waals surface area contributed by atoms with E-state index in [1.807, 2.05) is 27.2 Å². The van der Waals surface area contributed by atoms with Gasteiger partial charge in [0.2, 0.25) is 5.91 Å². The number of carbonyl (C=O) groups is 1. The normalized spacial score (nSPS) is 14.0. The van der Waals surface area contributed by atoms with Crippen LogP contribution < -0.4 is 5.32 Å². The minimum atomic E-state index is -4.36. The molecule has 9 heteroatoms. The molecule has 0 bridgehead atoms. The maximum absolute atomic E-state index is 13.0. The molecule has 1 amide bonds. The predicted octanol–water partition coefficient (Wildman–Crippen LogP) is 19.7. The molecule has 0 saturated heterocycles. The van der Waals surface area contributed by atoms with Crippen molar-refractivity contribution in [1.29, 1.82) is 0 Å². The Labute approximate surface area is 455 Å². The highest BCUT2D eigenvalue weighted by molar-refractivity contribution is 7.47. The van der Waals surface area contributed by atoms with Crippen LogP contribution in [0.15, 0.2) is 36.5 Å². The summed E-state index contributed by atoms with van der Waals surface area (Å²) < 4.78 is 23.7. The van der Waals surface area contributed by atoms with Crippen molar-refractivity contribution >= 4 is 13.7 Å². The van der Waals surface area contributed by atoms with Crippen LogP contribution in [0.1, 0.15) is 316 Å². The molecule has 0 rings (SSSR count). The van der Waals surface area contributed by atoms with Gasteiger partial charge in [-0.15, -0.1) is 0 Å². The van der Waals surface area contributed by atoms with Gasteiger partial charge in [-0.1, -0.05) is 301 Å². The van der Waals surface area contributed by atoms with Crippen molar-refractivity contribution in [2.24, 2.45) is 0 Å². The van der Waals surface area contributed by atoms with Crippen molar-refractivity contribution < 1.29 is 32.9 Å². The molecule has 3 unspecified atom stereocenters. The predicted molar refractivity (Wildman–Crippen MR) is 318 cm³/mol. The fourth-order valence-corrected chi connectivity index (χ4v) is 10.3. The number of nitrogens with zero attached hydrogens (tertiary/aromatic N) is 1. The van der Waals surface area contributed by atoms with E-state index in [0.717, 1.165) is 44.9 Å². The van der Waals surface area contributed by atoms with Crippen LogP contribution in [-0.2, 0) is 18.4 Å². The van der Waals surface area contributed by atoms with Gasteiger partial charge in [0.15, 0.2) is 0 Å². The number of nitrogens with one attached hydrogen (secondary N) is 1. The van der Waals surface area contributed by atoms with Crippen molar-refractivity contribution in [3.8, 4) is 0 Å². The van der Waals surface area contributed by atoms with Gasteiger partial charge < -0.3 is 19.8 Å². The first kappa shape index (κ1) is 71.7. The standard InChI is InChI=1S/C64H125N2O6P/c1-6-8-10-12-14-16-18-20-22-24-26-27-28-29-30-31-32-33-34-35-36-37-38-39-40-42-44-46-48-50-52-54-56-58-64(68)65-62(61-72-73(69,70)71-60-59-66(3,4)5)63(67)57-55-53-51-49-47-45-43-41-25-23-21-19-17-15-13-11-9-7-2/h25,41,47,49,55,57,62-63,67H,6-24,26-40,42-46,48,50-54,56,58-61H2,1-5H3,(H-,65,68,69,70)/p+1/b41-25+,49-47+,57-55+. The summed E-state index contributed by atoms with van der Waals surface area (Å²) in [4.78, 5) is 23.3.